The molecule has 1 fully saturated rings. The van der Waals surface area contributed by atoms with Gasteiger partial charge in [0.2, 0.25) is 0 Å². The minimum atomic E-state index is -0.124. The molecule has 12 rings (SSSR count). The highest BCUT2D eigenvalue weighted by Crippen LogP contribution is 2.55. The Morgan fingerprint density at radius 3 is 1.73 bits per heavy atom. The van der Waals surface area contributed by atoms with Crippen LogP contribution in [0.2, 0.25) is 0 Å². The van der Waals surface area contributed by atoms with Crippen LogP contribution in [0.5, 0.6) is 0 Å². The number of anilines is 3. The van der Waals surface area contributed by atoms with Gasteiger partial charge in [0.1, 0.15) is 0 Å². The fraction of sp³-hybridized carbons (Fsp3) is 0.138. The molecular weight excluding hydrogens is 795 g/mol. The third kappa shape index (κ3) is 6.68. The second-order valence-corrected chi connectivity index (χ2v) is 19.0. The third-order valence-corrected chi connectivity index (χ3v) is 14.9. The fourth-order valence-corrected chi connectivity index (χ4v) is 11.7. The molecule has 10 aromatic rings. The van der Waals surface area contributed by atoms with E-state index in [0.29, 0.717) is 5.92 Å². The van der Waals surface area contributed by atoms with E-state index in [9.17, 15) is 0 Å². The Hall–Kier alpha value is -7.48. The van der Waals surface area contributed by atoms with Gasteiger partial charge in [-0.2, -0.15) is 0 Å². The summed E-state index contributed by atoms with van der Waals surface area (Å²) in [5.74, 6) is 0.557. The molecule has 0 heterocycles. The SMILES string of the molecule is CC1(C)c2ccccc2-c2c(-c3ccccc3N(c3cc(-c4cccc5ccccc45)ccc3-c3ccccc3)c3ccccc3-c3cccc4cccc(C5CCCCC5)c34)cccc21. The van der Waals surface area contributed by atoms with Crippen molar-refractivity contribution in [2.24, 2.45) is 0 Å². The molecule has 0 atom stereocenters. The minimum Gasteiger partial charge on any atom is -0.309 e. The number of hydrogen-bond donors (Lipinski definition) is 0. The van der Waals surface area contributed by atoms with Crippen LogP contribution in [-0.4, -0.2) is 0 Å². The van der Waals surface area contributed by atoms with E-state index in [1.54, 1.807) is 0 Å². The Morgan fingerprint density at radius 1 is 0.379 bits per heavy atom. The molecular formula is C65H53N. The lowest BCUT2D eigenvalue weighted by atomic mass is 9.80. The number of fused-ring (bicyclic) bond motifs is 5. The number of hydrogen-bond acceptors (Lipinski definition) is 1. The molecule has 10 aromatic carbocycles. The third-order valence-electron chi connectivity index (χ3n) is 14.9. The summed E-state index contributed by atoms with van der Waals surface area (Å²) in [5.41, 5.74) is 19.9. The first-order valence-electron chi connectivity index (χ1n) is 24.0. The van der Waals surface area contributed by atoms with Crippen LogP contribution in [0, 0.1) is 0 Å². The maximum Gasteiger partial charge on any atom is 0.0546 e. The van der Waals surface area contributed by atoms with E-state index in [4.69, 9.17) is 0 Å². The first-order chi connectivity index (χ1) is 32.5. The van der Waals surface area contributed by atoms with Crippen molar-refractivity contribution in [2.45, 2.75) is 57.3 Å². The summed E-state index contributed by atoms with van der Waals surface area (Å²) in [7, 11) is 0. The van der Waals surface area contributed by atoms with Crippen LogP contribution in [0.1, 0.15) is 68.6 Å². The Morgan fingerprint density at radius 2 is 0.939 bits per heavy atom. The van der Waals surface area contributed by atoms with Crippen LogP contribution in [0.3, 0.4) is 0 Å². The van der Waals surface area contributed by atoms with Gasteiger partial charge in [0.05, 0.1) is 17.1 Å². The van der Waals surface area contributed by atoms with E-state index < -0.39 is 0 Å². The molecule has 2 aliphatic carbocycles. The minimum absolute atomic E-state index is 0.124. The molecule has 66 heavy (non-hydrogen) atoms. The summed E-state index contributed by atoms with van der Waals surface area (Å²) in [5, 5.41) is 5.18. The number of nitrogens with zero attached hydrogens (tertiary/aromatic N) is 1. The zero-order chi connectivity index (χ0) is 44.2. The van der Waals surface area contributed by atoms with Crippen molar-refractivity contribution in [3.8, 4) is 55.6 Å². The monoisotopic (exact) mass is 847 g/mol. The highest BCUT2D eigenvalue weighted by molar-refractivity contribution is 6.07. The quantitative estimate of drug-likeness (QED) is 0.147. The molecule has 0 spiro atoms. The summed E-state index contributed by atoms with van der Waals surface area (Å²) in [6.45, 7) is 4.76. The molecule has 0 aromatic heterocycles. The fourth-order valence-electron chi connectivity index (χ4n) is 11.7. The Bertz CT molecular complexity index is 3430. The Balaban J connectivity index is 1.18. The summed E-state index contributed by atoms with van der Waals surface area (Å²) in [6, 6.07) is 82.0. The van der Waals surface area contributed by atoms with E-state index in [1.807, 2.05) is 0 Å². The Kier molecular flexibility index (Phi) is 10.0. The molecule has 1 heteroatoms. The van der Waals surface area contributed by atoms with Crippen LogP contribution in [0.25, 0.3) is 77.2 Å². The number of rotatable bonds is 8. The first-order valence-corrected chi connectivity index (χ1v) is 24.0. The lowest BCUT2D eigenvalue weighted by Gasteiger charge is -2.33. The van der Waals surface area contributed by atoms with Crippen LogP contribution >= 0.6 is 0 Å². The van der Waals surface area contributed by atoms with Gasteiger partial charge >= 0.3 is 0 Å². The average Bonchev–Trinajstić information content (AvgIpc) is 3.62. The second kappa shape index (κ2) is 16.5. The molecule has 0 radical (unpaired) electrons. The molecule has 318 valence electrons. The molecule has 2 aliphatic rings. The van der Waals surface area contributed by atoms with Gasteiger partial charge in [0.15, 0.2) is 0 Å². The van der Waals surface area contributed by atoms with Crippen molar-refractivity contribution in [3.63, 3.8) is 0 Å². The maximum atomic E-state index is 2.61. The van der Waals surface area contributed by atoms with Crippen LogP contribution in [-0.2, 0) is 5.41 Å². The van der Waals surface area contributed by atoms with Gasteiger partial charge in [0.25, 0.3) is 0 Å². The van der Waals surface area contributed by atoms with E-state index in [0.717, 1.165) is 17.1 Å². The predicted molar refractivity (Wildman–Crippen MR) is 281 cm³/mol. The van der Waals surface area contributed by atoms with Gasteiger partial charge in [-0.25, -0.2) is 0 Å². The zero-order valence-corrected chi connectivity index (χ0v) is 37.8. The summed E-state index contributed by atoms with van der Waals surface area (Å²) >= 11 is 0. The zero-order valence-electron chi connectivity index (χ0n) is 37.8. The van der Waals surface area contributed by atoms with E-state index in [2.05, 4.69) is 237 Å². The summed E-state index contributed by atoms with van der Waals surface area (Å²) in [4.78, 5) is 2.61. The van der Waals surface area contributed by atoms with Crippen molar-refractivity contribution >= 4 is 38.6 Å². The van der Waals surface area contributed by atoms with Gasteiger partial charge in [-0.3, -0.25) is 0 Å². The lowest BCUT2D eigenvalue weighted by molar-refractivity contribution is 0.445. The van der Waals surface area contributed by atoms with Gasteiger partial charge < -0.3 is 4.90 Å². The Labute approximate surface area is 389 Å². The van der Waals surface area contributed by atoms with Crippen molar-refractivity contribution in [1.82, 2.24) is 0 Å². The highest BCUT2D eigenvalue weighted by Gasteiger charge is 2.37. The van der Waals surface area contributed by atoms with E-state index in [1.165, 1.54) is 126 Å². The molecule has 0 unspecified atom stereocenters. The summed E-state index contributed by atoms with van der Waals surface area (Å²) in [6.07, 6.45) is 6.42. The highest BCUT2D eigenvalue weighted by atomic mass is 15.2. The first kappa shape index (κ1) is 40.1. The molecule has 0 N–H and O–H groups in total. The standard InChI is InChI=1S/C65H53N/c1-65(2)58-37-14-11-32-57(58)64-56(36-20-38-59(64)65)54-31-13-16-40-61(54)66(60-39-15-12-30-53(60)55-35-19-28-47-27-18-34-52(63(47)55)46-23-7-4-8-24-46)62-43-48(41-42-51(62)45-21-5-3-6-22-45)50-33-17-26-44-25-9-10-29-49(44)50/h3,5-6,9-22,25-43,46H,4,7-8,23-24H2,1-2H3. The summed E-state index contributed by atoms with van der Waals surface area (Å²) < 4.78 is 0. The topological polar surface area (TPSA) is 3.24 Å². The molecule has 0 aliphatic heterocycles. The van der Waals surface area contributed by atoms with E-state index >= 15 is 0 Å². The molecule has 1 saturated carbocycles. The lowest BCUT2D eigenvalue weighted by Crippen LogP contribution is -2.15. The van der Waals surface area contributed by atoms with Crippen LogP contribution in [0.15, 0.2) is 218 Å². The molecule has 0 bridgehead atoms. The van der Waals surface area contributed by atoms with Crippen molar-refractivity contribution in [2.75, 3.05) is 4.90 Å². The van der Waals surface area contributed by atoms with Crippen LogP contribution < -0.4 is 4.90 Å². The molecule has 1 nitrogen and oxygen atoms in total. The van der Waals surface area contributed by atoms with Gasteiger partial charge in [-0.05, 0) is 114 Å². The normalized spacial score (nSPS) is 14.3. The van der Waals surface area contributed by atoms with Gasteiger partial charge in [0, 0.05) is 22.1 Å². The van der Waals surface area contributed by atoms with E-state index in [-0.39, 0.29) is 5.41 Å². The molecule has 0 amide bonds. The molecule has 0 saturated heterocycles. The second-order valence-electron chi connectivity index (χ2n) is 19.0. The predicted octanol–water partition coefficient (Wildman–Crippen LogP) is 18.5. The van der Waals surface area contributed by atoms with Gasteiger partial charge in [-0.1, -0.05) is 233 Å². The maximum absolute atomic E-state index is 2.61. The average molecular weight is 848 g/mol. The van der Waals surface area contributed by atoms with Crippen molar-refractivity contribution in [1.29, 1.82) is 0 Å². The number of benzene rings is 10. The van der Waals surface area contributed by atoms with Crippen molar-refractivity contribution in [3.05, 3.63) is 235 Å². The van der Waals surface area contributed by atoms with Crippen molar-refractivity contribution < 1.29 is 0 Å². The van der Waals surface area contributed by atoms with Gasteiger partial charge in [-0.15, -0.1) is 0 Å². The smallest absolute Gasteiger partial charge is 0.0546 e. The largest absolute Gasteiger partial charge is 0.309 e. The van der Waals surface area contributed by atoms with Crippen LogP contribution in [0.4, 0.5) is 17.1 Å². The number of para-hydroxylation sites is 2.